The molecule has 1 aliphatic carbocycles. The number of anilines is 4. The Balaban J connectivity index is 1.32. The van der Waals surface area contributed by atoms with E-state index in [9.17, 15) is 4.79 Å². The Bertz CT molecular complexity index is 1740. The fourth-order valence-electron chi connectivity index (χ4n) is 4.65. The van der Waals surface area contributed by atoms with E-state index in [1.54, 1.807) is 18.2 Å². The number of carbonyl (C=O) groups is 1. The second-order valence-corrected chi connectivity index (χ2v) is 11.6. The van der Waals surface area contributed by atoms with Crippen LogP contribution in [0.3, 0.4) is 0 Å². The number of fused-ring (bicyclic) bond motifs is 1. The molecule has 0 radical (unpaired) electrons. The highest BCUT2D eigenvalue weighted by Gasteiger charge is 2.26. The van der Waals surface area contributed by atoms with Gasteiger partial charge >= 0.3 is 0 Å². The topological polar surface area (TPSA) is 92.3 Å². The number of benzene rings is 3. The maximum atomic E-state index is 13.2. The van der Waals surface area contributed by atoms with Crippen molar-refractivity contribution in [2.45, 2.75) is 38.6 Å². The Morgan fingerprint density at radius 1 is 0.976 bits per heavy atom. The van der Waals surface area contributed by atoms with E-state index in [1.807, 2.05) is 48.5 Å². The van der Waals surface area contributed by atoms with E-state index in [0.717, 1.165) is 21.2 Å². The molecular weight excluding hydrogens is 592 g/mol. The molecule has 0 saturated heterocycles. The number of ether oxygens (including phenoxy) is 1. The molecule has 2 N–H and O–H groups in total. The molecule has 1 amide bonds. The number of hydrogen-bond donors (Lipinski definition) is 2. The summed E-state index contributed by atoms with van der Waals surface area (Å²) in [6, 6.07) is 25.4. The Kier molecular flexibility index (Phi) is 7.75. The van der Waals surface area contributed by atoms with Gasteiger partial charge in [-0.25, -0.2) is 15.0 Å². The third-order valence-corrected chi connectivity index (χ3v) is 7.80. The van der Waals surface area contributed by atoms with Gasteiger partial charge in [0, 0.05) is 40.2 Å². The number of nitrogens with one attached hydrogen (secondary N) is 2. The molecule has 2 heterocycles. The van der Waals surface area contributed by atoms with Crippen LogP contribution in [-0.2, 0) is 0 Å². The summed E-state index contributed by atoms with van der Waals surface area (Å²) in [5.74, 6) is 1.85. The minimum Gasteiger partial charge on any atom is -0.455 e. The standard InChI is InChI=1S/C33H31BrN6O2/c1-20(2)28-16-15-27-31(38-28)35-19-36-32(27)39-29-18-21(33(41)37-23-7-5-22(34)6-8-23)4-17-30(29)42-26-13-11-25(12-14-26)40(3)24-9-10-24/h4-8,11-20,24H,9-10H2,1-3H3,(H,37,41)(H,35,36,38,39). The molecule has 1 aliphatic rings. The summed E-state index contributed by atoms with van der Waals surface area (Å²) in [4.78, 5) is 29.1. The van der Waals surface area contributed by atoms with Crippen LogP contribution in [0.1, 0.15) is 48.7 Å². The molecule has 42 heavy (non-hydrogen) atoms. The van der Waals surface area contributed by atoms with E-state index in [4.69, 9.17) is 9.72 Å². The summed E-state index contributed by atoms with van der Waals surface area (Å²) in [5.41, 5.74) is 4.46. The first-order chi connectivity index (χ1) is 20.3. The fraction of sp³-hybridized carbons (Fsp3) is 0.212. The van der Waals surface area contributed by atoms with Crippen LogP contribution in [0.2, 0.25) is 0 Å². The van der Waals surface area contributed by atoms with Crippen molar-refractivity contribution >= 4 is 55.8 Å². The van der Waals surface area contributed by atoms with E-state index >= 15 is 0 Å². The van der Waals surface area contributed by atoms with Crippen molar-refractivity contribution in [3.8, 4) is 11.5 Å². The minimum absolute atomic E-state index is 0.241. The van der Waals surface area contributed by atoms with Crippen LogP contribution in [0, 0.1) is 0 Å². The van der Waals surface area contributed by atoms with Crippen molar-refractivity contribution in [3.63, 3.8) is 0 Å². The highest BCUT2D eigenvalue weighted by molar-refractivity contribution is 9.10. The smallest absolute Gasteiger partial charge is 0.255 e. The van der Waals surface area contributed by atoms with Gasteiger partial charge in [0.25, 0.3) is 5.91 Å². The van der Waals surface area contributed by atoms with Gasteiger partial charge < -0.3 is 20.3 Å². The number of halogens is 1. The second kappa shape index (κ2) is 11.8. The van der Waals surface area contributed by atoms with Gasteiger partial charge in [-0.05, 0) is 97.6 Å². The molecule has 0 unspecified atom stereocenters. The molecule has 3 aromatic carbocycles. The number of nitrogens with zero attached hydrogens (tertiary/aromatic N) is 4. The summed E-state index contributed by atoms with van der Waals surface area (Å²) in [6.07, 6.45) is 3.95. The molecule has 8 nitrogen and oxygen atoms in total. The van der Waals surface area contributed by atoms with Gasteiger partial charge in [0.2, 0.25) is 0 Å². The molecule has 2 aromatic heterocycles. The van der Waals surface area contributed by atoms with Crippen LogP contribution in [0.25, 0.3) is 11.0 Å². The third kappa shape index (κ3) is 6.21. The first kappa shape index (κ1) is 27.7. The summed E-state index contributed by atoms with van der Waals surface area (Å²) in [7, 11) is 2.12. The van der Waals surface area contributed by atoms with Crippen molar-refractivity contribution in [2.75, 3.05) is 22.6 Å². The maximum Gasteiger partial charge on any atom is 0.255 e. The fourth-order valence-corrected chi connectivity index (χ4v) is 4.91. The van der Waals surface area contributed by atoms with Crippen LogP contribution >= 0.6 is 15.9 Å². The van der Waals surface area contributed by atoms with Crippen LogP contribution < -0.4 is 20.3 Å². The predicted octanol–water partition coefficient (Wildman–Crippen LogP) is 8.30. The maximum absolute atomic E-state index is 13.2. The summed E-state index contributed by atoms with van der Waals surface area (Å²) in [5, 5.41) is 7.12. The minimum atomic E-state index is -0.241. The van der Waals surface area contributed by atoms with Crippen LogP contribution in [0.15, 0.2) is 89.7 Å². The van der Waals surface area contributed by atoms with E-state index in [1.165, 1.54) is 19.2 Å². The highest BCUT2D eigenvalue weighted by Crippen LogP contribution is 2.36. The molecule has 0 atom stereocenters. The largest absolute Gasteiger partial charge is 0.455 e. The number of amides is 1. The Morgan fingerprint density at radius 2 is 1.74 bits per heavy atom. The first-order valence-electron chi connectivity index (χ1n) is 13.9. The Labute approximate surface area is 253 Å². The van der Waals surface area contributed by atoms with E-state index in [0.29, 0.717) is 45.9 Å². The zero-order valence-electron chi connectivity index (χ0n) is 23.6. The van der Waals surface area contributed by atoms with Crippen LogP contribution in [0.5, 0.6) is 11.5 Å². The van der Waals surface area contributed by atoms with Crippen LogP contribution in [0.4, 0.5) is 22.9 Å². The van der Waals surface area contributed by atoms with E-state index in [2.05, 4.69) is 74.5 Å². The number of rotatable bonds is 9. The molecule has 1 fully saturated rings. The summed E-state index contributed by atoms with van der Waals surface area (Å²) >= 11 is 3.43. The number of pyridine rings is 1. The predicted molar refractivity (Wildman–Crippen MR) is 171 cm³/mol. The summed E-state index contributed by atoms with van der Waals surface area (Å²) < 4.78 is 7.28. The van der Waals surface area contributed by atoms with E-state index < -0.39 is 0 Å². The normalized spacial score (nSPS) is 12.8. The lowest BCUT2D eigenvalue weighted by atomic mass is 10.1. The van der Waals surface area contributed by atoms with Gasteiger partial charge in [-0.2, -0.15) is 0 Å². The van der Waals surface area contributed by atoms with Gasteiger partial charge in [-0.3, -0.25) is 4.79 Å². The third-order valence-electron chi connectivity index (χ3n) is 7.27. The van der Waals surface area contributed by atoms with Crippen molar-refractivity contribution in [2.24, 2.45) is 0 Å². The quantitative estimate of drug-likeness (QED) is 0.171. The number of aromatic nitrogens is 3. The number of hydrogen-bond acceptors (Lipinski definition) is 7. The Morgan fingerprint density at radius 3 is 2.45 bits per heavy atom. The van der Waals surface area contributed by atoms with Gasteiger partial charge in [-0.1, -0.05) is 29.8 Å². The molecule has 5 aromatic rings. The molecule has 1 saturated carbocycles. The summed E-state index contributed by atoms with van der Waals surface area (Å²) in [6.45, 7) is 4.19. The van der Waals surface area contributed by atoms with Crippen molar-refractivity contribution < 1.29 is 9.53 Å². The molecule has 9 heteroatoms. The van der Waals surface area contributed by atoms with Crippen molar-refractivity contribution in [1.82, 2.24) is 15.0 Å². The lowest BCUT2D eigenvalue weighted by molar-refractivity contribution is 0.102. The van der Waals surface area contributed by atoms with Crippen molar-refractivity contribution in [1.29, 1.82) is 0 Å². The zero-order chi connectivity index (χ0) is 29.2. The monoisotopic (exact) mass is 622 g/mol. The number of carbonyl (C=O) groups excluding carboxylic acids is 1. The molecule has 0 aliphatic heterocycles. The first-order valence-corrected chi connectivity index (χ1v) is 14.7. The average molecular weight is 624 g/mol. The van der Waals surface area contributed by atoms with Crippen molar-refractivity contribution in [3.05, 3.63) is 101 Å². The average Bonchev–Trinajstić information content (AvgIpc) is 3.85. The van der Waals surface area contributed by atoms with Gasteiger partial charge in [0.05, 0.1) is 11.1 Å². The lowest BCUT2D eigenvalue weighted by Crippen LogP contribution is -2.18. The SMILES string of the molecule is CC(C)c1ccc2c(Nc3cc(C(=O)Nc4ccc(Br)cc4)ccc3Oc3ccc(N(C)C4CC4)cc3)ncnc2n1. The second-order valence-electron chi connectivity index (χ2n) is 10.7. The van der Waals surface area contributed by atoms with Crippen LogP contribution in [-0.4, -0.2) is 33.9 Å². The zero-order valence-corrected chi connectivity index (χ0v) is 25.2. The molecule has 0 spiro atoms. The molecule has 0 bridgehead atoms. The molecule has 212 valence electrons. The molecular formula is C33H31BrN6O2. The molecule has 6 rings (SSSR count). The lowest BCUT2D eigenvalue weighted by Gasteiger charge is -2.19. The van der Waals surface area contributed by atoms with Gasteiger partial charge in [0.15, 0.2) is 11.4 Å². The highest BCUT2D eigenvalue weighted by atomic mass is 79.9. The van der Waals surface area contributed by atoms with E-state index in [-0.39, 0.29) is 11.8 Å². The van der Waals surface area contributed by atoms with Gasteiger partial charge in [0.1, 0.15) is 17.9 Å². The van der Waals surface area contributed by atoms with Gasteiger partial charge in [-0.15, -0.1) is 0 Å². The Hall–Kier alpha value is -4.50.